The molecule has 3 nitrogen and oxygen atoms in total. The van der Waals surface area contributed by atoms with E-state index in [-0.39, 0.29) is 5.91 Å². The van der Waals surface area contributed by atoms with Crippen LogP contribution in [0.25, 0.3) is 0 Å². The maximum absolute atomic E-state index is 11.8. The molecule has 0 bridgehead atoms. The van der Waals surface area contributed by atoms with Gasteiger partial charge in [-0.05, 0) is 18.7 Å². The zero-order chi connectivity index (χ0) is 10.9. The van der Waals surface area contributed by atoms with Crippen LogP contribution in [0.2, 0.25) is 0 Å². The molecule has 78 valence electrons. The maximum atomic E-state index is 11.8. The Morgan fingerprint density at radius 1 is 1.33 bits per heavy atom. The van der Waals surface area contributed by atoms with Gasteiger partial charge in [0, 0.05) is 0 Å². The van der Waals surface area contributed by atoms with Gasteiger partial charge in [0.05, 0.1) is 0 Å². The van der Waals surface area contributed by atoms with Crippen LogP contribution in [0.5, 0.6) is 0 Å². The lowest BCUT2D eigenvalue weighted by Crippen LogP contribution is -2.34. The van der Waals surface area contributed by atoms with Gasteiger partial charge in [-0.25, -0.2) is 4.99 Å². The first-order chi connectivity index (χ1) is 7.16. The predicted octanol–water partition coefficient (Wildman–Crippen LogP) is 1.75. The first kappa shape index (κ1) is 10.2. The molecule has 0 spiro atoms. The molecule has 1 aromatic carbocycles. The summed E-state index contributed by atoms with van der Waals surface area (Å²) in [5.74, 6) is -0.0574. The van der Waals surface area contributed by atoms with Crippen molar-refractivity contribution in [2.75, 3.05) is 6.26 Å². The van der Waals surface area contributed by atoms with Crippen molar-refractivity contribution in [1.29, 1.82) is 0 Å². The van der Waals surface area contributed by atoms with E-state index in [2.05, 4.69) is 10.3 Å². The average molecular weight is 220 g/mol. The Hall–Kier alpha value is -1.29. The molecule has 1 heterocycles. The molecular formula is C11H12N2OS. The molecule has 1 unspecified atom stereocenters. The largest absolute Gasteiger partial charge is 0.303 e. The normalized spacial score (nSPS) is 24.9. The Morgan fingerprint density at radius 3 is 2.53 bits per heavy atom. The highest BCUT2D eigenvalue weighted by molar-refractivity contribution is 8.13. The van der Waals surface area contributed by atoms with Crippen LogP contribution >= 0.6 is 11.8 Å². The minimum absolute atomic E-state index is 0.0574. The molecule has 1 amide bonds. The van der Waals surface area contributed by atoms with Gasteiger partial charge in [-0.3, -0.25) is 4.79 Å². The third-order valence-corrected chi connectivity index (χ3v) is 3.10. The van der Waals surface area contributed by atoms with Gasteiger partial charge in [0.15, 0.2) is 10.7 Å². The van der Waals surface area contributed by atoms with Gasteiger partial charge < -0.3 is 5.32 Å². The van der Waals surface area contributed by atoms with E-state index in [0.717, 1.165) is 5.56 Å². The van der Waals surface area contributed by atoms with E-state index in [4.69, 9.17) is 0 Å². The SMILES string of the molecule is CSC1=NC(C)(c2ccccc2)C(=O)N1. The molecule has 15 heavy (non-hydrogen) atoms. The highest BCUT2D eigenvalue weighted by Gasteiger charge is 2.40. The topological polar surface area (TPSA) is 41.5 Å². The van der Waals surface area contributed by atoms with E-state index in [0.29, 0.717) is 5.17 Å². The van der Waals surface area contributed by atoms with Gasteiger partial charge in [-0.1, -0.05) is 42.1 Å². The molecule has 0 saturated heterocycles. The fourth-order valence-corrected chi connectivity index (χ4v) is 2.02. The molecule has 0 fully saturated rings. The van der Waals surface area contributed by atoms with Crippen LogP contribution < -0.4 is 5.32 Å². The molecule has 1 aliphatic heterocycles. The molecule has 2 rings (SSSR count). The number of rotatable bonds is 1. The van der Waals surface area contributed by atoms with E-state index in [1.165, 1.54) is 11.8 Å². The van der Waals surface area contributed by atoms with Crippen molar-refractivity contribution < 1.29 is 4.79 Å². The third kappa shape index (κ3) is 1.65. The number of benzene rings is 1. The van der Waals surface area contributed by atoms with Crippen molar-refractivity contribution in [2.45, 2.75) is 12.5 Å². The van der Waals surface area contributed by atoms with Crippen LogP contribution in [0, 0.1) is 0 Å². The minimum atomic E-state index is -0.764. The van der Waals surface area contributed by atoms with E-state index >= 15 is 0 Å². The lowest BCUT2D eigenvalue weighted by atomic mass is 9.93. The molecule has 4 heteroatoms. The Morgan fingerprint density at radius 2 is 2.00 bits per heavy atom. The summed E-state index contributed by atoms with van der Waals surface area (Å²) in [5.41, 5.74) is 0.158. The zero-order valence-electron chi connectivity index (χ0n) is 8.65. The highest BCUT2D eigenvalue weighted by Crippen LogP contribution is 2.30. The van der Waals surface area contributed by atoms with E-state index in [1.807, 2.05) is 43.5 Å². The fraction of sp³-hybridized carbons (Fsp3) is 0.273. The first-order valence-corrected chi connectivity index (χ1v) is 5.90. The molecule has 0 saturated carbocycles. The predicted molar refractivity (Wildman–Crippen MR) is 62.9 cm³/mol. The summed E-state index contributed by atoms with van der Waals surface area (Å²) in [6.45, 7) is 1.83. The number of carbonyl (C=O) groups is 1. The summed E-state index contributed by atoms with van der Waals surface area (Å²) in [7, 11) is 0. The molecular weight excluding hydrogens is 208 g/mol. The average Bonchev–Trinajstić information content (AvgIpc) is 2.57. The summed E-state index contributed by atoms with van der Waals surface area (Å²) in [6, 6.07) is 9.61. The number of amides is 1. The van der Waals surface area contributed by atoms with Crippen molar-refractivity contribution in [3.8, 4) is 0 Å². The molecule has 1 aromatic rings. The Labute approximate surface area is 93.0 Å². The Bertz CT molecular complexity index is 416. The van der Waals surface area contributed by atoms with Gasteiger partial charge in [-0.2, -0.15) is 0 Å². The van der Waals surface area contributed by atoms with Crippen LogP contribution in [0.15, 0.2) is 35.3 Å². The number of amidine groups is 1. The first-order valence-electron chi connectivity index (χ1n) is 4.67. The second-order valence-corrected chi connectivity index (χ2v) is 4.31. The summed E-state index contributed by atoms with van der Waals surface area (Å²) in [5, 5.41) is 3.45. The van der Waals surface area contributed by atoms with Gasteiger partial charge in [0.25, 0.3) is 5.91 Å². The number of nitrogens with one attached hydrogen (secondary N) is 1. The Kier molecular flexibility index (Phi) is 2.52. The lowest BCUT2D eigenvalue weighted by molar-refractivity contribution is -0.123. The van der Waals surface area contributed by atoms with Crippen molar-refractivity contribution in [3.05, 3.63) is 35.9 Å². The van der Waals surface area contributed by atoms with Gasteiger partial charge in [-0.15, -0.1) is 0 Å². The zero-order valence-corrected chi connectivity index (χ0v) is 9.47. The fourth-order valence-electron chi connectivity index (χ4n) is 1.56. The summed E-state index contributed by atoms with van der Waals surface area (Å²) < 4.78 is 0. The number of aliphatic imine (C=N–C) groups is 1. The van der Waals surface area contributed by atoms with Crippen molar-refractivity contribution in [1.82, 2.24) is 5.32 Å². The van der Waals surface area contributed by atoms with E-state index in [1.54, 1.807) is 0 Å². The van der Waals surface area contributed by atoms with Gasteiger partial charge in [0.1, 0.15) is 0 Å². The second kappa shape index (κ2) is 3.70. The number of hydrogen-bond acceptors (Lipinski definition) is 3. The minimum Gasteiger partial charge on any atom is -0.303 e. The van der Waals surface area contributed by atoms with Crippen LogP contribution in [0.1, 0.15) is 12.5 Å². The van der Waals surface area contributed by atoms with Gasteiger partial charge in [0.2, 0.25) is 0 Å². The maximum Gasteiger partial charge on any atom is 0.258 e. The standard InChI is InChI=1S/C11H12N2OS/c1-11(8-6-4-3-5-7-8)9(14)12-10(13-11)15-2/h3-7H,1-2H3,(H,12,13,14). The molecule has 0 radical (unpaired) electrons. The lowest BCUT2D eigenvalue weighted by Gasteiger charge is -2.17. The van der Waals surface area contributed by atoms with Gasteiger partial charge >= 0.3 is 0 Å². The number of carbonyl (C=O) groups excluding carboxylic acids is 1. The van der Waals surface area contributed by atoms with Crippen molar-refractivity contribution in [2.24, 2.45) is 4.99 Å². The van der Waals surface area contributed by atoms with Crippen molar-refractivity contribution in [3.63, 3.8) is 0 Å². The van der Waals surface area contributed by atoms with Crippen LogP contribution in [-0.2, 0) is 10.3 Å². The van der Waals surface area contributed by atoms with E-state index < -0.39 is 5.54 Å². The third-order valence-electron chi connectivity index (χ3n) is 2.52. The Balaban J connectivity index is 2.43. The van der Waals surface area contributed by atoms with Crippen LogP contribution in [0.3, 0.4) is 0 Å². The molecule has 1 atom stereocenters. The van der Waals surface area contributed by atoms with Crippen molar-refractivity contribution >= 4 is 22.8 Å². The number of nitrogens with zero attached hydrogens (tertiary/aromatic N) is 1. The number of thioether (sulfide) groups is 1. The smallest absolute Gasteiger partial charge is 0.258 e. The monoisotopic (exact) mass is 220 g/mol. The van der Waals surface area contributed by atoms with Crippen LogP contribution in [-0.4, -0.2) is 17.3 Å². The molecule has 0 aromatic heterocycles. The quantitative estimate of drug-likeness (QED) is 0.783. The molecule has 0 aliphatic carbocycles. The van der Waals surface area contributed by atoms with Crippen LogP contribution in [0.4, 0.5) is 0 Å². The number of hydrogen-bond donors (Lipinski definition) is 1. The molecule has 1 N–H and O–H groups in total. The highest BCUT2D eigenvalue weighted by atomic mass is 32.2. The second-order valence-electron chi connectivity index (χ2n) is 3.51. The summed E-state index contributed by atoms with van der Waals surface area (Å²) in [6.07, 6.45) is 1.90. The molecule has 1 aliphatic rings. The summed E-state index contributed by atoms with van der Waals surface area (Å²) in [4.78, 5) is 16.2. The van der Waals surface area contributed by atoms with E-state index in [9.17, 15) is 4.79 Å². The summed E-state index contributed by atoms with van der Waals surface area (Å²) >= 11 is 1.45.